The van der Waals surface area contributed by atoms with E-state index in [4.69, 9.17) is 10.5 Å². The zero-order chi connectivity index (χ0) is 14.4. The monoisotopic (exact) mass is 265 g/mol. The fourth-order valence-corrected chi connectivity index (χ4v) is 1.83. The first-order chi connectivity index (χ1) is 8.87. The maximum absolute atomic E-state index is 10.5. The number of hydrogen-bond acceptors (Lipinski definition) is 3. The van der Waals surface area contributed by atoms with Crippen molar-refractivity contribution in [2.75, 3.05) is 19.8 Å². The summed E-state index contributed by atoms with van der Waals surface area (Å²) in [6.45, 7) is 8.03. The van der Waals surface area contributed by atoms with Crippen LogP contribution in [0.2, 0.25) is 0 Å². The predicted molar refractivity (Wildman–Crippen MR) is 78.9 cm³/mol. The molecule has 0 aliphatic carbocycles. The Morgan fingerprint density at radius 3 is 2.16 bits per heavy atom. The van der Waals surface area contributed by atoms with E-state index in [2.05, 4.69) is 20.8 Å². The first-order valence-electron chi connectivity index (χ1n) is 6.93. The van der Waals surface area contributed by atoms with Gasteiger partial charge in [-0.3, -0.25) is 0 Å². The average Bonchev–Trinajstić information content (AvgIpc) is 2.38. The van der Waals surface area contributed by atoms with Crippen molar-refractivity contribution < 1.29 is 9.84 Å². The standard InChI is InChI=1S/C16H27NO2/c1-15(2,3)9-11-19-12-10-16(18,13-17)14-7-5-4-6-8-14/h4-8,18H,9-13,17H2,1-3H3. The van der Waals surface area contributed by atoms with Gasteiger partial charge in [0, 0.05) is 26.2 Å². The summed E-state index contributed by atoms with van der Waals surface area (Å²) in [6, 6.07) is 9.57. The highest BCUT2D eigenvalue weighted by Gasteiger charge is 2.27. The van der Waals surface area contributed by atoms with Crippen molar-refractivity contribution in [3.05, 3.63) is 35.9 Å². The molecule has 108 valence electrons. The summed E-state index contributed by atoms with van der Waals surface area (Å²) in [5.41, 5.74) is 5.87. The summed E-state index contributed by atoms with van der Waals surface area (Å²) in [4.78, 5) is 0. The SMILES string of the molecule is CC(C)(C)CCOCCC(O)(CN)c1ccccc1. The lowest BCUT2D eigenvalue weighted by molar-refractivity contribution is -0.000572. The van der Waals surface area contributed by atoms with Crippen molar-refractivity contribution in [2.45, 2.75) is 39.2 Å². The van der Waals surface area contributed by atoms with E-state index in [1.807, 2.05) is 30.3 Å². The van der Waals surface area contributed by atoms with Gasteiger partial charge in [-0.15, -0.1) is 0 Å². The summed E-state index contributed by atoms with van der Waals surface area (Å²) in [5.74, 6) is 0. The van der Waals surface area contributed by atoms with Crippen LogP contribution >= 0.6 is 0 Å². The molecule has 0 amide bonds. The number of benzene rings is 1. The molecule has 0 aliphatic rings. The van der Waals surface area contributed by atoms with E-state index in [0.717, 1.165) is 18.6 Å². The lowest BCUT2D eigenvalue weighted by Gasteiger charge is -2.27. The third-order valence-electron chi connectivity index (χ3n) is 3.31. The second-order valence-electron chi connectivity index (χ2n) is 6.27. The Labute approximate surface area is 116 Å². The topological polar surface area (TPSA) is 55.5 Å². The molecule has 3 N–H and O–H groups in total. The van der Waals surface area contributed by atoms with Crippen molar-refractivity contribution in [1.29, 1.82) is 0 Å². The average molecular weight is 265 g/mol. The van der Waals surface area contributed by atoms with Crippen LogP contribution in [0.1, 0.15) is 39.2 Å². The Morgan fingerprint density at radius 2 is 1.63 bits per heavy atom. The van der Waals surface area contributed by atoms with Crippen LogP contribution < -0.4 is 5.73 Å². The molecule has 0 bridgehead atoms. The summed E-state index contributed by atoms with van der Waals surface area (Å²) in [5, 5.41) is 10.5. The van der Waals surface area contributed by atoms with Crippen LogP contribution in [0.5, 0.6) is 0 Å². The maximum Gasteiger partial charge on any atom is 0.104 e. The Kier molecular flexibility index (Phi) is 5.98. The fourth-order valence-electron chi connectivity index (χ4n) is 1.83. The van der Waals surface area contributed by atoms with Crippen molar-refractivity contribution in [3.63, 3.8) is 0 Å². The van der Waals surface area contributed by atoms with Crippen LogP contribution in [0, 0.1) is 5.41 Å². The Hall–Kier alpha value is -0.900. The number of rotatable bonds is 7. The van der Waals surface area contributed by atoms with Gasteiger partial charge in [0.1, 0.15) is 5.60 Å². The molecule has 1 atom stereocenters. The van der Waals surface area contributed by atoms with Gasteiger partial charge in [-0.2, -0.15) is 0 Å². The molecule has 0 saturated carbocycles. The molecule has 0 spiro atoms. The zero-order valence-electron chi connectivity index (χ0n) is 12.4. The van der Waals surface area contributed by atoms with E-state index in [9.17, 15) is 5.11 Å². The van der Waals surface area contributed by atoms with Gasteiger partial charge >= 0.3 is 0 Å². The van der Waals surface area contributed by atoms with Gasteiger partial charge in [-0.05, 0) is 17.4 Å². The molecule has 0 fully saturated rings. The quantitative estimate of drug-likeness (QED) is 0.745. The van der Waals surface area contributed by atoms with Gasteiger partial charge in [0.25, 0.3) is 0 Å². The molecule has 0 heterocycles. The van der Waals surface area contributed by atoms with E-state index in [1.54, 1.807) is 0 Å². The lowest BCUT2D eigenvalue weighted by Crippen LogP contribution is -2.36. The van der Waals surface area contributed by atoms with Crippen LogP contribution in [0.3, 0.4) is 0 Å². The molecule has 0 saturated heterocycles. The largest absolute Gasteiger partial charge is 0.384 e. The van der Waals surface area contributed by atoms with Crippen molar-refractivity contribution in [1.82, 2.24) is 0 Å². The number of aliphatic hydroxyl groups is 1. The number of ether oxygens (including phenoxy) is 1. The molecular weight excluding hydrogens is 238 g/mol. The summed E-state index contributed by atoms with van der Waals surface area (Å²) in [7, 11) is 0. The smallest absolute Gasteiger partial charge is 0.104 e. The van der Waals surface area contributed by atoms with Crippen LogP contribution in [0.4, 0.5) is 0 Å². The van der Waals surface area contributed by atoms with E-state index in [-0.39, 0.29) is 12.0 Å². The third kappa shape index (κ3) is 5.72. The molecule has 1 unspecified atom stereocenters. The second kappa shape index (κ2) is 7.04. The van der Waals surface area contributed by atoms with Crippen molar-refractivity contribution >= 4 is 0 Å². The maximum atomic E-state index is 10.5. The second-order valence-corrected chi connectivity index (χ2v) is 6.27. The first kappa shape index (κ1) is 16.2. The predicted octanol–water partition coefficient (Wildman–Crippen LogP) is 2.68. The van der Waals surface area contributed by atoms with Gasteiger partial charge in [-0.25, -0.2) is 0 Å². The highest BCUT2D eigenvalue weighted by atomic mass is 16.5. The molecule has 1 rings (SSSR count). The molecule has 3 heteroatoms. The van der Waals surface area contributed by atoms with E-state index < -0.39 is 5.60 Å². The number of nitrogens with two attached hydrogens (primary N) is 1. The highest BCUT2D eigenvalue weighted by molar-refractivity contribution is 5.22. The summed E-state index contributed by atoms with van der Waals surface area (Å²) >= 11 is 0. The van der Waals surface area contributed by atoms with Crippen LogP contribution in [-0.2, 0) is 10.3 Å². The third-order valence-corrected chi connectivity index (χ3v) is 3.31. The first-order valence-corrected chi connectivity index (χ1v) is 6.93. The van der Waals surface area contributed by atoms with Crippen LogP contribution in [-0.4, -0.2) is 24.9 Å². The normalized spacial score (nSPS) is 15.2. The summed E-state index contributed by atoms with van der Waals surface area (Å²) in [6.07, 6.45) is 1.54. The molecule has 1 aromatic carbocycles. The summed E-state index contributed by atoms with van der Waals surface area (Å²) < 4.78 is 5.61. The van der Waals surface area contributed by atoms with Crippen LogP contribution in [0.15, 0.2) is 30.3 Å². The zero-order valence-corrected chi connectivity index (χ0v) is 12.4. The van der Waals surface area contributed by atoms with Gasteiger partial charge in [-0.1, -0.05) is 51.1 Å². The minimum absolute atomic E-state index is 0.208. The highest BCUT2D eigenvalue weighted by Crippen LogP contribution is 2.24. The molecular formula is C16H27NO2. The molecule has 0 aliphatic heterocycles. The molecule has 0 aromatic heterocycles. The minimum Gasteiger partial charge on any atom is -0.384 e. The van der Waals surface area contributed by atoms with Gasteiger partial charge < -0.3 is 15.6 Å². The van der Waals surface area contributed by atoms with E-state index in [1.165, 1.54) is 0 Å². The van der Waals surface area contributed by atoms with E-state index in [0.29, 0.717) is 13.0 Å². The molecule has 3 nitrogen and oxygen atoms in total. The Morgan fingerprint density at radius 1 is 1.05 bits per heavy atom. The van der Waals surface area contributed by atoms with Crippen molar-refractivity contribution in [3.8, 4) is 0 Å². The van der Waals surface area contributed by atoms with Gasteiger partial charge in [0.15, 0.2) is 0 Å². The Bertz CT molecular complexity index is 359. The molecule has 0 radical (unpaired) electrons. The van der Waals surface area contributed by atoms with E-state index >= 15 is 0 Å². The van der Waals surface area contributed by atoms with Gasteiger partial charge in [0.2, 0.25) is 0 Å². The van der Waals surface area contributed by atoms with Crippen molar-refractivity contribution in [2.24, 2.45) is 11.1 Å². The van der Waals surface area contributed by atoms with Crippen LogP contribution in [0.25, 0.3) is 0 Å². The lowest BCUT2D eigenvalue weighted by atomic mass is 9.91. The van der Waals surface area contributed by atoms with Gasteiger partial charge in [0.05, 0.1) is 0 Å². The number of hydrogen-bond donors (Lipinski definition) is 2. The molecule has 19 heavy (non-hydrogen) atoms. The molecule has 1 aromatic rings. The Balaban J connectivity index is 2.41. The minimum atomic E-state index is -0.983. The fraction of sp³-hybridized carbons (Fsp3) is 0.625.